The number of carbonyl (C=O) groups is 1. The van der Waals surface area contributed by atoms with Gasteiger partial charge in [0, 0.05) is 5.57 Å². The average molecular weight is 218 g/mol. The van der Waals surface area contributed by atoms with E-state index in [0.717, 1.165) is 29.7 Å². The van der Waals surface area contributed by atoms with Crippen molar-refractivity contribution in [2.24, 2.45) is 10.9 Å². The first-order valence-corrected chi connectivity index (χ1v) is 5.37. The predicted molar refractivity (Wildman–Crippen MR) is 61.5 cm³/mol. The molecule has 2 aliphatic rings. The molecule has 84 valence electrons. The Morgan fingerprint density at radius 3 is 2.69 bits per heavy atom. The Morgan fingerprint density at radius 1 is 1.38 bits per heavy atom. The van der Waals surface area contributed by atoms with Crippen LogP contribution in [0.2, 0.25) is 0 Å². The Morgan fingerprint density at radius 2 is 2.12 bits per heavy atom. The molecule has 1 aliphatic heterocycles. The van der Waals surface area contributed by atoms with Gasteiger partial charge in [0.15, 0.2) is 5.70 Å². The molecule has 0 amide bonds. The van der Waals surface area contributed by atoms with Gasteiger partial charge in [-0.2, -0.15) is 5.90 Å². The van der Waals surface area contributed by atoms with Crippen molar-refractivity contribution in [1.82, 2.24) is 0 Å². The minimum atomic E-state index is -0.560. The topological polar surface area (TPSA) is 64.7 Å². The Labute approximate surface area is 94.1 Å². The second-order valence-corrected chi connectivity index (χ2v) is 3.67. The molecule has 0 fully saturated rings. The fourth-order valence-corrected chi connectivity index (χ4v) is 2.12. The number of allylic oxidation sites excluding steroid dienone is 5. The number of nitrogens with two attached hydrogens (primary N) is 1. The van der Waals surface area contributed by atoms with Crippen molar-refractivity contribution < 1.29 is 9.63 Å². The van der Waals surface area contributed by atoms with Crippen LogP contribution in [0.1, 0.15) is 26.7 Å². The summed E-state index contributed by atoms with van der Waals surface area (Å²) in [6.45, 7) is 4.08. The predicted octanol–water partition coefficient (Wildman–Crippen LogP) is 1.80. The second-order valence-electron chi connectivity index (χ2n) is 3.67. The molecule has 1 heterocycles. The highest BCUT2D eigenvalue weighted by Gasteiger charge is 2.30. The van der Waals surface area contributed by atoms with Crippen LogP contribution in [0.25, 0.3) is 0 Å². The van der Waals surface area contributed by atoms with Crippen LogP contribution in [-0.2, 0) is 9.63 Å². The molecule has 0 spiro atoms. The smallest absolute Gasteiger partial charge is 0.368 e. The van der Waals surface area contributed by atoms with Crippen LogP contribution >= 0.6 is 0 Å². The Kier molecular flexibility index (Phi) is 2.75. The fourth-order valence-electron chi connectivity index (χ4n) is 2.12. The van der Waals surface area contributed by atoms with E-state index in [1.54, 1.807) is 0 Å². The summed E-state index contributed by atoms with van der Waals surface area (Å²) >= 11 is 0. The zero-order valence-electron chi connectivity index (χ0n) is 9.41. The molecule has 0 atom stereocenters. The molecular weight excluding hydrogens is 204 g/mol. The van der Waals surface area contributed by atoms with Crippen LogP contribution in [-0.4, -0.2) is 11.7 Å². The van der Waals surface area contributed by atoms with E-state index in [2.05, 4.69) is 16.8 Å². The molecule has 0 aromatic heterocycles. The van der Waals surface area contributed by atoms with Crippen molar-refractivity contribution in [3.05, 3.63) is 34.6 Å². The number of hydrogen-bond donors (Lipinski definition) is 1. The molecule has 0 saturated heterocycles. The molecule has 4 nitrogen and oxygen atoms in total. The van der Waals surface area contributed by atoms with Gasteiger partial charge in [-0.25, -0.2) is 9.79 Å². The van der Waals surface area contributed by atoms with Gasteiger partial charge in [0.2, 0.25) is 0 Å². The Hall–Kier alpha value is -1.68. The molecule has 2 rings (SSSR count). The Balaban J connectivity index is 2.51. The highest BCUT2D eigenvalue weighted by molar-refractivity contribution is 6.20. The largest absolute Gasteiger partial charge is 0.375 e. The van der Waals surface area contributed by atoms with Gasteiger partial charge in [0.25, 0.3) is 0 Å². The van der Waals surface area contributed by atoms with E-state index in [-0.39, 0.29) is 0 Å². The standard InChI is InChI=1S/C12H14N2O2/c1-3-7-5-6-9-10(7)8(4-2)11(14-9)12(15)16-13/h5-6H,3-4,13H2,1-2H3. The summed E-state index contributed by atoms with van der Waals surface area (Å²) in [6, 6.07) is 0. The van der Waals surface area contributed by atoms with E-state index in [9.17, 15) is 4.79 Å². The maximum atomic E-state index is 11.5. The molecule has 0 saturated carbocycles. The first-order chi connectivity index (χ1) is 7.72. The van der Waals surface area contributed by atoms with Crippen molar-refractivity contribution in [3.63, 3.8) is 0 Å². The number of rotatable bonds is 3. The van der Waals surface area contributed by atoms with Crippen molar-refractivity contribution >= 4 is 11.7 Å². The van der Waals surface area contributed by atoms with Crippen LogP contribution < -0.4 is 5.90 Å². The molecule has 2 N–H and O–H groups in total. The molecule has 0 bridgehead atoms. The molecule has 0 unspecified atom stereocenters. The van der Waals surface area contributed by atoms with Crippen LogP contribution in [0.4, 0.5) is 0 Å². The lowest BCUT2D eigenvalue weighted by atomic mass is 9.97. The maximum Gasteiger partial charge on any atom is 0.375 e. The summed E-state index contributed by atoms with van der Waals surface area (Å²) in [5, 5.41) is 0. The Bertz CT molecular complexity index is 467. The quantitative estimate of drug-likeness (QED) is 0.734. The number of nitrogens with zero attached hydrogens (tertiary/aromatic N) is 1. The van der Waals surface area contributed by atoms with E-state index < -0.39 is 5.97 Å². The summed E-state index contributed by atoms with van der Waals surface area (Å²) in [5.41, 5.74) is 4.45. The molecule has 16 heavy (non-hydrogen) atoms. The molecule has 0 aromatic rings. The summed E-state index contributed by atoms with van der Waals surface area (Å²) in [4.78, 5) is 20.0. The van der Waals surface area contributed by atoms with Crippen LogP contribution in [0, 0.1) is 0 Å². The molecule has 0 radical (unpaired) electrons. The van der Waals surface area contributed by atoms with Gasteiger partial charge in [0.1, 0.15) is 0 Å². The maximum absolute atomic E-state index is 11.5. The third kappa shape index (κ3) is 1.42. The van der Waals surface area contributed by atoms with Crippen molar-refractivity contribution in [3.8, 4) is 0 Å². The summed E-state index contributed by atoms with van der Waals surface area (Å²) in [6.07, 6.45) is 5.66. The van der Waals surface area contributed by atoms with Crippen LogP contribution in [0.3, 0.4) is 0 Å². The lowest BCUT2D eigenvalue weighted by molar-refractivity contribution is -0.139. The zero-order chi connectivity index (χ0) is 11.7. The molecule has 0 aromatic carbocycles. The van der Waals surface area contributed by atoms with Gasteiger partial charge in [-0.05, 0) is 30.1 Å². The summed E-state index contributed by atoms with van der Waals surface area (Å²) in [7, 11) is 0. The van der Waals surface area contributed by atoms with Gasteiger partial charge >= 0.3 is 5.97 Å². The molecular formula is C12H14N2O2. The number of hydrogen-bond acceptors (Lipinski definition) is 4. The molecule has 1 aliphatic carbocycles. The SMILES string of the molecule is CCC1=C2C(=NC(C(=O)ON)=C2CC)C=C1. The highest BCUT2D eigenvalue weighted by Crippen LogP contribution is 2.36. The van der Waals surface area contributed by atoms with Gasteiger partial charge in [-0.3, -0.25) is 0 Å². The second kappa shape index (κ2) is 4.06. The van der Waals surface area contributed by atoms with Crippen LogP contribution in [0.5, 0.6) is 0 Å². The third-order valence-corrected chi connectivity index (χ3v) is 2.87. The van der Waals surface area contributed by atoms with Crippen molar-refractivity contribution in [1.29, 1.82) is 0 Å². The first kappa shape index (κ1) is 10.8. The van der Waals surface area contributed by atoms with E-state index in [1.807, 2.05) is 19.1 Å². The third-order valence-electron chi connectivity index (χ3n) is 2.87. The van der Waals surface area contributed by atoms with E-state index in [1.165, 1.54) is 5.57 Å². The first-order valence-electron chi connectivity index (χ1n) is 5.37. The minimum Gasteiger partial charge on any atom is -0.368 e. The lowest BCUT2D eigenvalue weighted by Crippen LogP contribution is -2.12. The normalized spacial score (nSPS) is 18.1. The van der Waals surface area contributed by atoms with E-state index >= 15 is 0 Å². The van der Waals surface area contributed by atoms with Crippen LogP contribution in [0.15, 0.2) is 39.6 Å². The fraction of sp³-hybridized carbons (Fsp3) is 0.333. The monoisotopic (exact) mass is 218 g/mol. The average Bonchev–Trinajstić information content (AvgIpc) is 2.85. The minimum absolute atomic E-state index is 0.352. The number of fused-ring (bicyclic) bond motifs is 1. The summed E-state index contributed by atoms with van der Waals surface area (Å²) < 4.78 is 0. The number of carbonyl (C=O) groups excluding carboxylic acids is 1. The van der Waals surface area contributed by atoms with E-state index in [0.29, 0.717) is 5.70 Å². The summed E-state index contributed by atoms with van der Waals surface area (Å²) in [5.74, 6) is 4.34. The highest BCUT2D eigenvalue weighted by atomic mass is 16.7. The van der Waals surface area contributed by atoms with Gasteiger partial charge in [0.05, 0.1) is 5.71 Å². The van der Waals surface area contributed by atoms with Gasteiger partial charge in [-0.1, -0.05) is 19.9 Å². The van der Waals surface area contributed by atoms with E-state index in [4.69, 9.17) is 5.90 Å². The molecule has 4 heteroatoms. The number of aliphatic imine (C=N–C) groups is 1. The van der Waals surface area contributed by atoms with Crippen molar-refractivity contribution in [2.75, 3.05) is 0 Å². The van der Waals surface area contributed by atoms with Gasteiger partial charge in [-0.15, -0.1) is 0 Å². The lowest BCUT2D eigenvalue weighted by Gasteiger charge is -2.05. The zero-order valence-corrected chi connectivity index (χ0v) is 9.41. The van der Waals surface area contributed by atoms with Gasteiger partial charge < -0.3 is 4.84 Å². The van der Waals surface area contributed by atoms with Crippen molar-refractivity contribution in [2.45, 2.75) is 26.7 Å².